The molecular weight excluding hydrogens is 446 g/mol. The minimum atomic E-state index is -3.91. The van der Waals surface area contributed by atoms with E-state index >= 15 is 0 Å². The molecular formula is C23H21N3O6S. The van der Waals surface area contributed by atoms with E-state index in [4.69, 9.17) is 9.47 Å². The first-order valence-corrected chi connectivity index (χ1v) is 11.5. The molecule has 4 rings (SSSR count). The highest BCUT2D eigenvalue weighted by atomic mass is 32.2. The number of para-hydroxylation sites is 2. The molecule has 0 fully saturated rings. The lowest BCUT2D eigenvalue weighted by atomic mass is 10.2. The zero-order chi connectivity index (χ0) is 23.4. The van der Waals surface area contributed by atoms with Crippen molar-refractivity contribution in [2.45, 2.75) is 17.9 Å². The maximum Gasteiger partial charge on any atom is 0.283 e. The molecule has 0 aliphatic carbocycles. The molecule has 0 spiro atoms. The SMILES string of the molecule is Cc1ccc(NS(=O)(=O)c2cccc(C(=O)NNC(=O)[C@H]3COc4ccccc4O3)c2)cc1. The van der Waals surface area contributed by atoms with Crippen molar-refractivity contribution in [1.82, 2.24) is 10.9 Å². The van der Waals surface area contributed by atoms with Crippen LogP contribution < -0.4 is 25.0 Å². The average molecular weight is 468 g/mol. The van der Waals surface area contributed by atoms with E-state index in [1.807, 2.05) is 6.92 Å². The molecule has 0 saturated carbocycles. The molecule has 3 aromatic rings. The Morgan fingerprint density at radius 3 is 2.39 bits per heavy atom. The van der Waals surface area contributed by atoms with Gasteiger partial charge in [0.1, 0.15) is 6.61 Å². The Balaban J connectivity index is 1.38. The van der Waals surface area contributed by atoms with Crippen molar-refractivity contribution < 1.29 is 27.5 Å². The Morgan fingerprint density at radius 2 is 1.64 bits per heavy atom. The fourth-order valence-corrected chi connectivity index (χ4v) is 4.16. The number of rotatable bonds is 5. The lowest BCUT2D eigenvalue weighted by Crippen LogP contribution is -2.50. The van der Waals surface area contributed by atoms with Gasteiger partial charge in [-0.3, -0.25) is 25.2 Å². The van der Waals surface area contributed by atoms with Crippen LogP contribution in [-0.2, 0) is 14.8 Å². The van der Waals surface area contributed by atoms with E-state index in [9.17, 15) is 18.0 Å². The Morgan fingerprint density at radius 1 is 0.909 bits per heavy atom. The number of ether oxygens (including phenoxy) is 2. The van der Waals surface area contributed by atoms with Crippen LogP contribution in [0.5, 0.6) is 11.5 Å². The molecule has 33 heavy (non-hydrogen) atoms. The largest absolute Gasteiger partial charge is 0.485 e. The van der Waals surface area contributed by atoms with Crippen LogP contribution in [0, 0.1) is 6.92 Å². The molecule has 3 N–H and O–H groups in total. The molecule has 0 aromatic heterocycles. The third-order valence-electron chi connectivity index (χ3n) is 4.81. The van der Waals surface area contributed by atoms with Crippen molar-refractivity contribution >= 4 is 27.5 Å². The fraction of sp³-hybridized carbons (Fsp3) is 0.130. The molecule has 10 heteroatoms. The van der Waals surface area contributed by atoms with Gasteiger partial charge in [0.25, 0.3) is 21.8 Å². The van der Waals surface area contributed by atoms with Gasteiger partial charge in [-0.25, -0.2) is 8.42 Å². The molecule has 3 aromatic carbocycles. The van der Waals surface area contributed by atoms with Crippen molar-refractivity contribution in [2.75, 3.05) is 11.3 Å². The topological polar surface area (TPSA) is 123 Å². The van der Waals surface area contributed by atoms with Crippen molar-refractivity contribution in [3.8, 4) is 11.5 Å². The molecule has 2 amide bonds. The molecule has 1 heterocycles. The standard InChI is InChI=1S/C23H21N3O6S/c1-15-9-11-17(12-10-15)26-33(29,30)18-6-4-5-16(13-18)22(27)24-25-23(28)21-14-31-19-7-2-3-8-20(19)32-21/h2-13,21,26H,14H2,1H3,(H,24,27)(H,25,28)/t21-/m1/s1. The zero-order valence-corrected chi connectivity index (χ0v) is 18.4. The molecule has 9 nitrogen and oxygen atoms in total. The van der Waals surface area contributed by atoms with E-state index in [0.717, 1.165) is 5.56 Å². The van der Waals surface area contributed by atoms with E-state index in [0.29, 0.717) is 17.2 Å². The number of benzene rings is 3. The van der Waals surface area contributed by atoms with E-state index in [2.05, 4.69) is 15.6 Å². The van der Waals surface area contributed by atoms with Gasteiger partial charge >= 0.3 is 0 Å². The van der Waals surface area contributed by atoms with Crippen molar-refractivity contribution in [1.29, 1.82) is 0 Å². The number of hydrazine groups is 1. The van der Waals surface area contributed by atoms with Crippen LogP contribution in [0.15, 0.2) is 77.7 Å². The van der Waals surface area contributed by atoms with Crippen LogP contribution in [0.25, 0.3) is 0 Å². The van der Waals surface area contributed by atoms with Crippen molar-refractivity contribution in [3.05, 3.63) is 83.9 Å². The van der Waals surface area contributed by atoms with Gasteiger partial charge < -0.3 is 9.47 Å². The maximum absolute atomic E-state index is 12.7. The van der Waals surface area contributed by atoms with Crippen LogP contribution in [0.4, 0.5) is 5.69 Å². The Labute approximate surface area is 190 Å². The Kier molecular flexibility index (Phi) is 6.18. The number of sulfonamides is 1. The number of nitrogens with one attached hydrogen (secondary N) is 3. The second kappa shape index (κ2) is 9.21. The number of amides is 2. The van der Waals surface area contributed by atoms with Gasteiger partial charge in [0, 0.05) is 11.3 Å². The summed E-state index contributed by atoms with van der Waals surface area (Å²) in [6, 6.07) is 19.2. The fourth-order valence-electron chi connectivity index (χ4n) is 3.06. The molecule has 1 aliphatic heterocycles. The summed E-state index contributed by atoms with van der Waals surface area (Å²) in [5.41, 5.74) is 5.99. The summed E-state index contributed by atoms with van der Waals surface area (Å²) in [7, 11) is -3.91. The van der Waals surface area contributed by atoms with Crippen molar-refractivity contribution in [2.24, 2.45) is 0 Å². The Bertz CT molecular complexity index is 1290. The lowest BCUT2D eigenvalue weighted by Gasteiger charge is -2.25. The predicted molar refractivity (Wildman–Crippen MR) is 120 cm³/mol. The van der Waals surface area contributed by atoms with E-state index in [1.165, 1.54) is 24.3 Å². The molecule has 170 valence electrons. The monoisotopic (exact) mass is 467 g/mol. The molecule has 1 aliphatic rings. The highest BCUT2D eigenvalue weighted by molar-refractivity contribution is 7.92. The molecule has 0 bridgehead atoms. The van der Waals surface area contributed by atoms with Crippen LogP contribution in [0.1, 0.15) is 15.9 Å². The normalized spacial score (nSPS) is 14.8. The maximum atomic E-state index is 12.7. The molecule has 0 radical (unpaired) electrons. The first kappa shape index (κ1) is 22.2. The second-order valence-corrected chi connectivity index (χ2v) is 8.99. The average Bonchev–Trinajstić information content (AvgIpc) is 2.83. The number of fused-ring (bicyclic) bond motifs is 1. The minimum absolute atomic E-state index is 0.0167. The number of anilines is 1. The summed E-state index contributed by atoms with van der Waals surface area (Å²) in [5.74, 6) is -0.340. The summed E-state index contributed by atoms with van der Waals surface area (Å²) < 4.78 is 38.9. The zero-order valence-electron chi connectivity index (χ0n) is 17.6. The van der Waals surface area contributed by atoms with Crippen LogP contribution >= 0.6 is 0 Å². The van der Waals surface area contributed by atoms with Crippen molar-refractivity contribution in [3.63, 3.8) is 0 Å². The summed E-state index contributed by atoms with van der Waals surface area (Å²) in [6.07, 6.45) is -0.953. The highest BCUT2D eigenvalue weighted by Crippen LogP contribution is 2.30. The number of hydrogen-bond acceptors (Lipinski definition) is 6. The lowest BCUT2D eigenvalue weighted by molar-refractivity contribution is -0.131. The summed E-state index contributed by atoms with van der Waals surface area (Å²) >= 11 is 0. The summed E-state index contributed by atoms with van der Waals surface area (Å²) in [5, 5.41) is 0. The smallest absolute Gasteiger partial charge is 0.283 e. The van der Waals surface area contributed by atoms with Gasteiger partial charge in [0.2, 0.25) is 6.10 Å². The van der Waals surface area contributed by atoms with E-state index in [-0.39, 0.29) is 17.1 Å². The number of aryl methyl sites for hydroxylation is 1. The molecule has 0 unspecified atom stereocenters. The third kappa shape index (κ3) is 5.24. The molecule has 0 saturated heterocycles. The minimum Gasteiger partial charge on any atom is -0.485 e. The first-order valence-electron chi connectivity index (χ1n) is 10.00. The number of hydrogen-bond donors (Lipinski definition) is 3. The summed E-state index contributed by atoms with van der Waals surface area (Å²) in [6.45, 7) is 1.88. The third-order valence-corrected chi connectivity index (χ3v) is 6.19. The highest BCUT2D eigenvalue weighted by Gasteiger charge is 2.27. The van der Waals surface area contributed by atoms with Crippen LogP contribution in [0.2, 0.25) is 0 Å². The number of carbonyl (C=O) groups is 2. The predicted octanol–water partition coefficient (Wildman–Crippen LogP) is 2.40. The quantitative estimate of drug-likeness (QED) is 0.495. The van der Waals surface area contributed by atoms with Crippen LogP contribution in [0.3, 0.4) is 0 Å². The van der Waals surface area contributed by atoms with Gasteiger partial charge in [-0.05, 0) is 49.4 Å². The number of carbonyl (C=O) groups excluding carboxylic acids is 2. The van der Waals surface area contributed by atoms with Gasteiger partial charge in [-0.2, -0.15) is 0 Å². The second-order valence-electron chi connectivity index (χ2n) is 7.31. The summed E-state index contributed by atoms with van der Waals surface area (Å²) in [4.78, 5) is 24.8. The van der Waals surface area contributed by atoms with Gasteiger partial charge in [-0.1, -0.05) is 35.9 Å². The van der Waals surface area contributed by atoms with Gasteiger partial charge in [0.05, 0.1) is 4.90 Å². The Hall–Kier alpha value is -4.05. The molecule has 1 atom stereocenters. The van der Waals surface area contributed by atoms with Crippen LogP contribution in [-0.4, -0.2) is 32.9 Å². The van der Waals surface area contributed by atoms with E-state index < -0.39 is 27.9 Å². The van der Waals surface area contributed by atoms with E-state index in [1.54, 1.807) is 48.5 Å². The first-order chi connectivity index (χ1) is 15.8. The van der Waals surface area contributed by atoms with Gasteiger partial charge in [0.15, 0.2) is 11.5 Å². The van der Waals surface area contributed by atoms with Gasteiger partial charge in [-0.15, -0.1) is 0 Å².